The lowest BCUT2D eigenvalue weighted by atomic mass is 10.1. The molecule has 0 aliphatic rings. The summed E-state index contributed by atoms with van der Waals surface area (Å²) in [6.07, 6.45) is 1.91. The van der Waals surface area contributed by atoms with Crippen LogP contribution in [0.1, 0.15) is 55.0 Å². The van der Waals surface area contributed by atoms with Gasteiger partial charge in [0.25, 0.3) is 0 Å². The summed E-state index contributed by atoms with van der Waals surface area (Å²) in [6.45, 7) is 8.52. The van der Waals surface area contributed by atoms with Crippen LogP contribution in [0, 0.1) is 0 Å². The lowest BCUT2D eigenvalue weighted by Gasteiger charge is -2.15. The molecule has 0 amide bonds. The second-order valence-electron chi connectivity index (χ2n) is 7.41. The number of rotatable bonds is 11. The average Bonchev–Trinajstić information content (AvgIpc) is 2.88. The molecule has 0 saturated carbocycles. The van der Waals surface area contributed by atoms with Crippen LogP contribution in [0.25, 0.3) is 5.70 Å². The summed E-state index contributed by atoms with van der Waals surface area (Å²) in [5.74, 6) is 1.98. The highest BCUT2D eigenvalue weighted by Crippen LogP contribution is 2.31. The first kappa shape index (κ1) is 34.1. The molecule has 0 aliphatic carbocycles. The van der Waals surface area contributed by atoms with Gasteiger partial charge in [-0.2, -0.15) is 0 Å². The number of nitrogens with two attached hydrogens (primary N) is 2. The molecular formula is C27H46N2O8S2. The average molecular weight is 593 g/mol. The molecule has 2 aromatic rings. The van der Waals surface area contributed by atoms with Crippen molar-refractivity contribution in [3.8, 4) is 23.0 Å². The van der Waals surface area contributed by atoms with E-state index in [1.165, 1.54) is 26.4 Å². The summed E-state index contributed by atoms with van der Waals surface area (Å²) in [5.41, 5.74) is 9.99. The van der Waals surface area contributed by atoms with Crippen molar-refractivity contribution in [1.82, 2.24) is 0 Å². The van der Waals surface area contributed by atoms with Gasteiger partial charge in [0.2, 0.25) is 0 Å². The summed E-state index contributed by atoms with van der Waals surface area (Å²) < 4.78 is 81.6. The second-order valence-corrected chi connectivity index (χ2v) is 11.1. The Kier molecular flexibility index (Phi) is 16.0. The maximum atomic E-state index is 11.5. The molecule has 0 saturated heterocycles. The standard InChI is InChI=1S/C12H19NO4S.C12H17NO4S.C2H6.CH4/c2*1-4-17-12-7-9(5-6-11(12)16-2)10(13)8-18(3,14)15;1-2;/h5-7,10H,4,8,13H2,1-3H3;5-8H,4,13H2,1-3H3;1-2H3;1H4/t10-;;;/m1.../s1/i8D2;;;. The van der Waals surface area contributed by atoms with Crippen LogP contribution in [0.4, 0.5) is 0 Å². The number of benzene rings is 2. The van der Waals surface area contributed by atoms with Gasteiger partial charge in [0.05, 0.1) is 44.2 Å². The largest absolute Gasteiger partial charge is 0.493 e. The van der Waals surface area contributed by atoms with E-state index in [0.717, 1.165) is 17.9 Å². The molecule has 0 bridgehead atoms. The molecule has 4 N–H and O–H groups in total. The Bertz CT molecular complexity index is 1330. The molecule has 0 heterocycles. The van der Waals surface area contributed by atoms with Crippen LogP contribution in [0.5, 0.6) is 23.0 Å². The van der Waals surface area contributed by atoms with Gasteiger partial charge in [0.15, 0.2) is 32.8 Å². The minimum absolute atomic E-state index is 0. The third-order valence-electron chi connectivity index (χ3n) is 4.33. The summed E-state index contributed by atoms with van der Waals surface area (Å²) in [5, 5.41) is 1.02. The van der Waals surface area contributed by atoms with E-state index >= 15 is 0 Å². The fraction of sp³-hybridized carbons (Fsp3) is 0.481. The van der Waals surface area contributed by atoms with E-state index in [2.05, 4.69) is 0 Å². The van der Waals surface area contributed by atoms with Gasteiger partial charge in [-0.25, -0.2) is 16.8 Å². The Balaban J connectivity index is 0. The molecule has 0 fully saturated rings. The molecule has 39 heavy (non-hydrogen) atoms. The Morgan fingerprint density at radius 2 is 1.36 bits per heavy atom. The van der Waals surface area contributed by atoms with Gasteiger partial charge in [0.1, 0.15) is 9.84 Å². The summed E-state index contributed by atoms with van der Waals surface area (Å²) in [4.78, 5) is 0. The van der Waals surface area contributed by atoms with Crippen molar-refractivity contribution in [2.24, 2.45) is 11.5 Å². The Morgan fingerprint density at radius 3 is 1.77 bits per heavy atom. The quantitative estimate of drug-likeness (QED) is 0.387. The van der Waals surface area contributed by atoms with E-state index < -0.39 is 31.4 Å². The number of methoxy groups -OCH3 is 2. The van der Waals surface area contributed by atoms with Gasteiger partial charge in [-0.3, -0.25) is 0 Å². The minimum Gasteiger partial charge on any atom is -0.493 e. The van der Waals surface area contributed by atoms with E-state index in [0.29, 0.717) is 47.3 Å². The molecule has 10 nitrogen and oxygen atoms in total. The lowest BCUT2D eigenvalue weighted by Crippen LogP contribution is -2.20. The smallest absolute Gasteiger partial charge is 0.170 e. The molecule has 0 spiro atoms. The predicted molar refractivity (Wildman–Crippen MR) is 160 cm³/mol. The SMILES string of the molecule is C.CC.CCOc1cc(C(N)=CS(C)(=O)=O)ccc1OC.[2H]C([2H])([C@@H](N)c1ccc(OC)c(OCC)c1)S(C)(=O)=O. The van der Waals surface area contributed by atoms with Crippen molar-refractivity contribution in [3.63, 3.8) is 0 Å². The highest BCUT2D eigenvalue weighted by Gasteiger charge is 2.15. The Labute approximate surface area is 237 Å². The maximum Gasteiger partial charge on any atom is 0.170 e. The van der Waals surface area contributed by atoms with Crippen LogP contribution in [0.2, 0.25) is 0 Å². The number of sulfone groups is 2. The molecule has 224 valence electrons. The van der Waals surface area contributed by atoms with Crippen molar-refractivity contribution in [3.05, 3.63) is 52.9 Å². The zero-order chi connectivity index (χ0) is 31.3. The number of hydrogen-bond donors (Lipinski definition) is 2. The fourth-order valence-corrected chi connectivity index (χ4v) is 4.07. The molecular weight excluding hydrogens is 544 g/mol. The zero-order valence-corrected chi connectivity index (χ0v) is 24.9. The van der Waals surface area contributed by atoms with Crippen molar-refractivity contribution >= 4 is 25.4 Å². The van der Waals surface area contributed by atoms with Gasteiger partial charge in [0, 0.05) is 26.9 Å². The normalized spacial score (nSPS) is 13.0. The van der Waals surface area contributed by atoms with E-state index in [9.17, 15) is 16.8 Å². The summed E-state index contributed by atoms with van der Waals surface area (Å²) in [7, 11) is -4.21. The van der Waals surface area contributed by atoms with Gasteiger partial charge >= 0.3 is 0 Å². The lowest BCUT2D eigenvalue weighted by molar-refractivity contribution is 0.310. The molecule has 0 aromatic heterocycles. The van der Waals surface area contributed by atoms with Gasteiger partial charge in [-0.05, 0) is 49.7 Å². The van der Waals surface area contributed by atoms with Crippen molar-refractivity contribution in [2.75, 3.05) is 45.6 Å². The topological polar surface area (TPSA) is 157 Å². The first-order valence-electron chi connectivity index (χ1n) is 12.8. The van der Waals surface area contributed by atoms with Crippen molar-refractivity contribution in [1.29, 1.82) is 0 Å². The fourth-order valence-electron chi connectivity index (χ4n) is 2.88. The monoisotopic (exact) mass is 592 g/mol. The van der Waals surface area contributed by atoms with Crippen molar-refractivity contribution < 1.29 is 38.5 Å². The maximum absolute atomic E-state index is 11.5. The third-order valence-corrected chi connectivity index (χ3v) is 5.69. The molecule has 0 radical (unpaired) electrons. The Hall–Kier alpha value is -2.96. The summed E-state index contributed by atoms with van der Waals surface area (Å²) in [6, 6.07) is 8.28. The number of hydrogen-bond acceptors (Lipinski definition) is 10. The van der Waals surface area contributed by atoms with Gasteiger partial charge in [-0.1, -0.05) is 27.3 Å². The molecule has 12 heteroatoms. The molecule has 0 unspecified atom stereocenters. The first-order chi connectivity index (χ1) is 18.5. The van der Waals surface area contributed by atoms with E-state index in [1.54, 1.807) is 31.2 Å². The molecule has 2 aromatic carbocycles. The number of ether oxygens (including phenoxy) is 4. The zero-order valence-electron chi connectivity index (χ0n) is 25.3. The van der Waals surface area contributed by atoms with Crippen LogP contribution in [0.3, 0.4) is 0 Å². The molecule has 1 atom stereocenters. The van der Waals surface area contributed by atoms with E-state index in [-0.39, 0.29) is 13.1 Å². The van der Waals surface area contributed by atoms with Crippen LogP contribution in [-0.2, 0) is 19.7 Å². The molecule has 2 rings (SSSR count). The summed E-state index contributed by atoms with van der Waals surface area (Å²) >= 11 is 0. The van der Waals surface area contributed by atoms with Gasteiger partial charge in [-0.15, -0.1) is 0 Å². The van der Waals surface area contributed by atoms with Crippen LogP contribution < -0.4 is 30.4 Å². The van der Waals surface area contributed by atoms with Crippen LogP contribution in [-0.4, -0.2) is 62.5 Å². The second kappa shape index (κ2) is 18.3. The van der Waals surface area contributed by atoms with Crippen LogP contribution >= 0.6 is 0 Å². The third kappa shape index (κ3) is 14.7. The van der Waals surface area contributed by atoms with E-state index in [4.69, 9.17) is 33.2 Å². The van der Waals surface area contributed by atoms with Gasteiger partial charge < -0.3 is 30.4 Å². The highest BCUT2D eigenvalue weighted by atomic mass is 32.2. The molecule has 0 aliphatic heterocycles. The van der Waals surface area contributed by atoms with E-state index in [1.807, 2.05) is 20.8 Å². The predicted octanol–water partition coefficient (Wildman–Crippen LogP) is 4.20. The minimum atomic E-state index is -3.95. The van der Waals surface area contributed by atoms with Crippen molar-refractivity contribution in [2.45, 2.75) is 41.2 Å². The first-order valence-corrected chi connectivity index (χ1v) is 15.6. The highest BCUT2D eigenvalue weighted by molar-refractivity contribution is 7.93. The Morgan fingerprint density at radius 1 is 0.897 bits per heavy atom. The van der Waals surface area contributed by atoms with Crippen LogP contribution in [0.15, 0.2) is 41.8 Å².